The van der Waals surface area contributed by atoms with Crippen LogP contribution in [0.3, 0.4) is 0 Å². The van der Waals surface area contributed by atoms with E-state index < -0.39 is 0 Å². The third-order valence-corrected chi connectivity index (χ3v) is 1.58. The van der Waals surface area contributed by atoms with Gasteiger partial charge in [0.1, 0.15) is 0 Å². The number of hydrogen-bond donors (Lipinski definition) is 0. The van der Waals surface area contributed by atoms with Crippen LogP contribution < -0.4 is 0 Å². The van der Waals surface area contributed by atoms with Crippen LogP contribution >= 0.6 is 0 Å². The Kier molecular flexibility index (Phi) is 1.57. The van der Waals surface area contributed by atoms with Crippen LogP contribution in [0.2, 0.25) is 3.17 Å². The molecule has 0 aromatic rings. The Bertz CT molecular complexity index is 69.9. The number of rotatable bonds is 0. The van der Waals surface area contributed by atoms with Crippen molar-refractivity contribution in [3.05, 3.63) is 12.3 Å². The van der Waals surface area contributed by atoms with Crippen LogP contribution in [0, 0.1) is 0 Å². The standard InChI is InChI=1S/C4H5O.Na/c1-2-4-5-3-1;/h1-3H,4H2;. The van der Waals surface area contributed by atoms with E-state index in [9.17, 15) is 0 Å². The molecule has 0 aromatic carbocycles. The zero-order valence-corrected chi connectivity index (χ0v) is 5.85. The van der Waals surface area contributed by atoms with Gasteiger partial charge in [-0.2, -0.15) is 0 Å². The maximum absolute atomic E-state index is 4.91. The van der Waals surface area contributed by atoms with Crippen molar-refractivity contribution in [2.24, 2.45) is 0 Å². The third kappa shape index (κ3) is 1.00. The van der Waals surface area contributed by atoms with Gasteiger partial charge in [0.15, 0.2) is 0 Å². The molecule has 0 aromatic heterocycles. The Hall–Kier alpha value is 0.540. The van der Waals surface area contributed by atoms with Crippen LogP contribution in [0.4, 0.5) is 0 Å². The van der Waals surface area contributed by atoms with E-state index in [2.05, 4.69) is 6.08 Å². The average molecular weight is 92.1 g/mol. The molecule has 0 bridgehead atoms. The Morgan fingerprint density at radius 1 is 1.83 bits per heavy atom. The summed E-state index contributed by atoms with van der Waals surface area (Å²) in [5.41, 5.74) is 0. The second-order valence-electron chi connectivity index (χ2n) is 1.64. The first-order valence-corrected chi connectivity index (χ1v) is 3.33. The zero-order valence-electron chi connectivity index (χ0n) is 3.85. The van der Waals surface area contributed by atoms with E-state index in [1.54, 1.807) is 6.26 Å². The summed E-state index contributed by atoms with van der Waals surface area (Å²) in [6.07, 6.45) is 3.91. The van der Waals surface area contributed by atoms with Crippen LogP contribution in [0.25, 0.3) is 0 Å². The molecule has 1 aliphatic heterocycles. The predicted octanol–water partition coefficient (Wildman–Crippen LogP) is 0.487. The van der Waals surface area contributed by atoms with E-state index in [1.165, 1.54) is 27.9 Å². The molecule has 1 atom stereocenters. The van der Waals surface area contributed by atoms with Crippen LogP contribution in [-0.2, 0) is 4.74 Å². The summed E-state index contributed by atoms with van der Waals surface area (Å²) < 4.78 is 5.69. The SMILES string of the molecule is [Na][CH]1C=COC1. The maximum atomic E-state index is 4.91. The molecule has 2 heteroatoms. The van der Waals surface area contributed by atoms with Gasteiger partial charge in [-0.25, -0.2) is 0 Å². The van der Waals surface area contributed by atoms with Gasteiger partial charge in [-0.3, -0.25) is 0 Å². The molecule has 0 radical (unpaired) electrons. The fourth-order valence-electron chi connectivity index (χ4n) is 0.453. The van der Waals surface area contributed by atoms with Crippen LogP contribution in [-0.4, -0.2) is 34.5 Å². The van der Waals surface area contributed by atoms with E-state index in [4.69, 9.17) is 4.74 Å². The summed E-state index contributed by atoms with van der Waals surface area (Å²) in [6.45, 7) is 0.937. The van der Waals surface area contributed by atoms with Crippen molar-refractivity contribution in [3.8, 4) is 0 Å². The van der Waals surface area contributed by atoms with Gasteiger partial charge in [-0.1, -0.05) is 0 Å². The van der Waals surface area contributed by atoms with Crippen molar-refractivity contribution in [3.63, 3.8) is 0 Å². The predicted molar refractivity (Wildman–Crippen MR) is 24.6 cm³/mol. The fraction of sp³-hybridized carbons (Fsp3) is 0.500. The summed E-state index contributed by atoms with van der Waals surface area (Å²) >= 11 is 1.24. The van der Waals surface area contributed by atoms with E-state index in [-0.39, 0.29) is 0 Å². The van der Waals surface area contributed by atoms with Crippen molar-refractivity contribution < 1.29 is 4.74 Å². The molecule has 6 heavy (non-hydrogen) atoms. The molecule has 1 heterocycles. The Balaban J connectivity index is 2.38. The monoisotopic (exact) mass is 92.0 g/mol. The zero-order chi connectivity index (χ0) is 4.41. The van der Waals surface area contributed by atoms with Crippen molar-refractivity contribution >= 4 is 27.9 Å². The van der Waals surface area contributed by atoms with Gasteiger partial charge in [-0.05, 0) is 0 Å². The molecule has 0 fully saturated rings. The molecule has 1 unspecified atom stereocenters. The van der Waals surface area contributed by atoms with Gasteiger partial charge in [0.05, 0.1) is 0 Å². The first-order chi connectivity index (χ1) is 2.89. The average Bonchev–Trinajstić information content (AvgIpc) is 1.86. The molecule has 0 amide bonds. The summed E-state index contributed by atoms with van der Waals surface area (Å²) in [5, 5.41) is 0. The second-order valence-corrected chi connectivity index (χ2v) is 3.12. The van der Waals surface area contributed by atoms with Gasteiger partial charge in [0.2, 0.25) is 0 Å². The third-order valence-electron chi connectivity index (χ3n) is 0.862. The minimum absolute atomic E-state index is 0.782. The second kappa shape index (κ2) is 2.01. The number of hydrogen-bond acceptors (Lipinski definition) is 1. The molecule has 1 aliphatic rings. The van der Waals surface area contributed by atoms with E-state index in [1.807, 2.05) is 0 Å². The summed E-state index contributed by atoms with van der Waals surface area (Å²) in [5.74, 6) is 0. The number of ether oxygens (including phenoxy) is 1. The fourth-order valence-corrected chi connectivity index (χ4v) is 0.802. The molecule has 0 N–H and O–H groups in total. The molecule has 1 nitrogen and oxygen atoms in total. The van der Waals surface area contributed by atoms with E-state index >= 15 is 0 Å². The Morgan fingerprint density at radius 3 is 2.83 bits per heavy atom. The van der Waals surface area contributed by atoms with Gasteiger partial charge in [0.25, 0.3) is 0 Å². The Morgan fingerprint density at radius 2 is 2.67 bits per heavy atom. The Labute approximate surface area is 54.8 Å². The summed E-state index contributed by atoms with van der Waals surface area (Å²) in [7, 11) is 0. The molecule has 28 valence electrons. The summed E-state index contributed by atoms with van der Waals surface area (Å²) in [4.78, 5) is 0. The van der Waals surface area contributed by atoms with Gasteiger partial charge in [0, 0.05) is 0 Å². The van der Waals surface area contributed by atoms with Crippen molar-refractivity contribution in [1.82, 2.24) is 0 Å². The van der Waals surface area contributed by atoms with Gasteiger partial charge in [-0.15, -0.1) is 0 Å². The topological polar surface area (TPSA) is 9.23 Å². The van der Waals surface area contributed by atoms with Crippen LogP contribution in [0.5, 0.6) is 0 Å². The molecule has 0 saturated carbocycles. The quantitative estimate of drug-likeness (QED) is 0.395. The van der Waals surface area contributed by atoms with Crippen molar-refractivity contribution in [1.29, 1.82) is 0 Å². The minimum atomic E-state index is 0.782. The molecule has 0 aliphatic carbocycles. The molecular formula is C4H5NaO. The molecular weight excluding hydrogens is 87.0 g/mol. The van der Waals surface area contributed by atoms with E-state index in [0.29, 0.717) is 0 Å². The molecule has 1 rings (SSSR count). The first-order valence-electron chi connectivity index (χ1n) is 2.18. The normalized spacial score (nSPS) is 30.7. The van der Waals surface area contributed by atoms with Gasteiger partial charge < -0.3 is 0 Å². The first kappa shape index (κ1) is 4.69. The van der Waals surface area contributed by atoms with Gasteiger partial charge >= 0.3 is 54.8 Å². The van der Waals surface area contributed by atoms with E-state index in [0.717, 1.165) is 9.77 Å². The van der Waals surface area contributed by atoms with Crippen LogP contribution in [0.1, 0.15) is 0 Å². The van der Waals surface area contributed by atoms with Crippen LogP contribution in [0.15, 0.2) is 12.3 Å². The van der Waals surface area contributed by atoms with Crippen molar-refractivity contribution in [2.75, 3.05) is 6.61 Å². The molecule has 0 spiro atoms. The van der Waals surface area contributed by atoms with Crippen molar-refractivity contribution in [2.45, 2.75) is 3.17 Å². The molecule has 0 saturated heterocycles. The summed E-state index contributed by atoms with van der Waals surface area (Å²) in [6, 6.07) is 0.